The molecule has 1 aromatic rings. The molecular weight excluding hydrogens is 276 g/mol. The van der Waals surface area contributed by atoms with Crippen LogP contribution in [0, 0.1) is 0 Å². The summed E-state index contributed by atoms with van der Waals surface area (Å²) in [5.74, 6) is -0.109. The number of carbonyl (C=O) groups excluding carboxylic acids is 1. The fraction of sp³-hybridized carbons (Fsp3) is 0. The van der Waals surface area contributed by atoms with Crippen molar-refractivity contribution in [2.24, 2.45) is 0 Å². The van der Waals surface area contributed by atoms with Gasteiger partial charge in [-0.25, -0.2) is 0 Å². The predicted molar refractivity (Wildman–Crippen MR) is 52.9 cm³/mol. The van der Waals surface area contributed by atoms with Crippen LogP contribution in [0.5, 0.6) is 0 Å². The lowest BCUT2D eigenvalue weighted by molar-refractivity contribution is 0.0989. The Labute approximate surface area is 83.4 Å². The molecule has 0 aromatic heterocycles. The summed E-state index contributed by atoms with van der Waals surface area (Å²) in [7, 11) is 0. The number of halogens is 2. The Morgan fingerprint density at radius 3 is 2.36 bits per heavy atom. The molecule has 11 heavy (non-hydrogen) atoms. The second-order valence-corrected chi connectivity index (χ2v) is 2.91. The molecule has 0 radical (unpaired) electrons. The highest BCUT2D eigenvalue weighted by atomic mass is 127. The Kier molecular flexibility index (Phi) is 3.14. The van der Waals surface area contributed by atoms with E-state index in [1.165, 1.54) is 0 Å². The number of amides is 1. The molecule has 0 aliphatic carbocycles. The van der Waals surface area contributed by atoms with Gasteiger partial charge < -0.3 is 0 Å². The molecule has 0 unspecified atom stereocenters. The van der Waals surface area contributed by atoms with Gasteiger partial charge in [-0.3, -0.25) is 8.32 Å². The van der Waals surface area contributed by atoms with Crippen LogP contribution in [0.4, 0.5) is 0 Å². The van der Waals surface area contributed by atoms with Gasteiger partial charge in [0.05, 0.1) is 22.9 Å². The van der Waals surface area contributed by atoms with Crippen molar-refractivity contribution in [3.63, 3.8) is 0 Å². The number of carbonyl (C=O) groups is 1. The van der Waals surface area contributed by atoms with Crippen LogP contribution in [-0.2, 0) is 0 Å². The standard InChI is InChI=1S/C7H5ClINO/c8-6-3-1-5(2-4-6)7(11)10-9/h1-4H,(H,10,11). The number of rotatable bonds is 1. The summed E-state index contributed by atoms with van der Waals surface area (Å²) in [4.78, 5) is 11.0. The summed E-state index contributed by atoms with van der Waals surface area (Å²) < 4.78 is 2.49. The first-order valence-electron chi connectivity index (χ1n) is 2.90. The molecule has 0 aliphatic heterocycles. The minimum Gasteiger partial charge on any atom is -0.295 e. The van der Waals surface area contributed by atoms with Crippen molar-refractivity contribution in [1.82, 2.24) is 3.53 Å². The fourth-order valence-electron chi connectivity index (χ4n) is 0.656. The normalized spacial score (nSPS) is 9.27. The van der Waals surface area contributed by atoms with Gasteiger partial charge >= 0.3 is 0 Å². The third-order valence-corrected chi connectivity index (χ3v) is 1.93. The molecule has 0 saturated carbocycles. The third-order valence-electron chi connectivity index (χ3n) is 1.19. The predicted octanol–water partition coefficient (Wildman–Crippen LogP) is 2.42. The quantitative estimate of drug-likeness (QED) is 0.622. The molecule has 0 spiro atoms. The zero-order chi connectivity index (χ0) is 8.27. The van der Waals surface area contributed by atoms with Crippen molar-refractivity contribution >= 4 is 40.4 Å². The summed E-state index contributed by atoms with van der Waals surface area (Å²) in [6.45, 7) is 0. The van der Waals surface area contributed by atoms with Gasteiger partial charge in [-0.1, -0.05) is 11.6 Å². The van der Waals surface area contributed by atoms with E-state index in [0.717, 1.165) is 0 Å². The number of nitrogens with one attached hydrogen (secondary N) is 1. The van der Waals surface area contributed by atoms with Gasteiger partial charge in [0, 0.05) is 10.6 Å². The van der Waals surface area contributed by atoms with Crippen molar-refractivity contribution in [1.29, 1.82) is 0 Å². The second-order valence-electron chi connectivity index (χ2n) is 1.93. The highest BCUT2D eigenvalue weighted by Crippen LogP contribution is 2.09. The lowest BCUT2D eigenvalue weighted by Gasteiger charge is -1.96. The van der Waals surface area contributed by atoms with Crippen LogP contribution in [0.15, 0.2) is 24.3 Å². The van der Waals surface area contributed by atoms with Crippen LogP contribution in [-0.4, -0.2) is 5.91 Å². The molecule has 1 amide bonds. The van der Waals surface area contributed by atoms with Crippen molar-refractivity contribution in [3.8, 4) is 0 Å². The van der Waals surface area contributed by atoms with Gasteiger partial charge in [-0.2, -0.15) is 0 Å². The summed E-state index contributed by atoms with van der Waals surface area (Å²) in [6, 6.07) is 6.72. The number of hydrogen-bond donors (Lipinski definition) is 1. The molecule has 0 saturated heterocycles. The molecule has 58 valence electrons. The third kappa shape index (κ3) is 2.34. The van der Waals surface area contributed by atoms with E-state index in [9.17, 15) is 4.79 Å². The minimum absolute atomic E-state index is 0.109. The molecule has 1 N–H and O–H groups in total. The van der Waals surface area contributed by atoms with Gasteiger partial charge in [0.15, 0.2) is 0 Å². The lowest BCUT2D eigenvalue weighted by atomic mass is 10.2. The van der Waals surface area contributed by atoms with E-state index >= 15 is 0 Å². The van der Waals surface area contributed by atoms with E-state index in [1.54, 1.807) is 47.1 Å². The number of benzene rings is 1. The maximum atomic E-state index is 11.0. The molecule has 1 aromatic carbocycles. The molecule has 0 atom stereocenters. The number of hydrogen-bond acceptors (Lipinski definition) is 1. The molecule has 0 fully saturated rings. The van der Waals surface area contributed by atoms with Gasteiger partial charge in [0.25, 0.3) is 5.91 Å². The van der Waals surface area contributed by atoms with Crippen LogP contribution in [0.25, 0.3) is 0 Å². The molecule has 0 aliphatic rings. The fourth-order valence-corrected chi connectivity index (χ4v) is 1.09. The Bertz CT molecular complexity index is 260. The topological polar surface area (TPSA) is 29.1 Å². The molecule has 1 rings (SSSR count). The molecule has 4 heteroatoms. The smallest absolute Gasteiger partial charge is 0.259 e. The van der Waals surface area contributed by atoms with E-state index in [0.29, 0.717) is 10.6 Å². The summed E-state index contributed by atoms with van der Waals surface area (Å²) in [5, 5.41) is 0.634. The summed E-state index contributed by atoms with van der Waals surface area (Å²) >= 11 is 7.42. The first-order valence-corrected chi connectivity index (χ1v) is 4.36. The molecular formula is C7H5ClINO. The Balaban J connectivity index is 2.90. The maximum absolute atomic E-state index is 11.0. The van der Waals surface area contributed by atoms with Gasteiger partial charge in [-0.15, -0.1) is 0 Å². The molecule has 0 bridgehead atoms. The zero-order valence-electron chi connectivity index (χ0n) is 5.47. The Morgan fingerprint density at radius 2 is 1.91 bits per heavy atom. The first-order chi connectivity index (χ1) is 5.24. The van der Waals surface area contributed by atoms with E-state index in [2.05, 4.69) is 3.53 Å². The average molecular weight is 281 g/mol. The lowest BCUT2D eigenvalue weighted by Crippen LogP contribution is -2.10. The van der Waals surface area contributed by atoms with E-state index < -0.39 is 0 Å². The van der Waals surface area contributed by atoms with Crippen molar-refractivity contribution in [2.45, 2.75) is 0 Å². The van der Waals surface area contributed by atoms with Crippen LogP contribution >= 0.6 is 34.5 Å². The van der Waals surface area contributed by atoms with Crippen molar-refractivity contribution in [3.05, 3.63) is 34.9 Å². The van der Waals surface area contributed by atoms with Crippen LogP contribution < -0.4 is 3.53 Å². The Morgan fingerprint density at radius 1 is 1.36 bits per heavy atom. The van der Waals surface area contributed by atoms with E-state index in [4.69, 9.17) is 11.6 Å². The molecule has 0 heterocycles. The van der Waals surface area contributed by atoms with E-state index in [1.807, 2.05) is 0 Å². The molecule has 2 nitrogen and oxygen atoms in total. The average Bonchev–Trinajstić information content (AvgIpc) is 2.05. The second kappa shape index (κ2) is 3.92. The van der Waals surface area contributed by atoms with Gasteiger partial charge in [0.1, 0.15) is 0 Å². The maximum Gasteiger partial charge on any atom is 0.259 e. The SMILES string of the molecule is O=C(NI)c1ccc(Cl)cc1. The van der Waals surface area contributed by atoms with Crippen LogP contribution in [0.2, 0.25) is 5.02 Å². The highest BCUT2D eigenvalue weighted by molar-refractivity contribution is 14.1. The van der Waals surface area contributed by atoms with Gasteiger partial charge in [0.2, 0.25) is 0 Å². The minimum atomic E-state index is -0.109. The first kappa shape index (κ1) is 8.80. The highest BCUT2D eigenvalue weighted by Gasteiger charge is 2.00. The summed E-state index contributed by atoms with van der Waals surface area (Å²) in [5.41, 5.74) is 0.615. The monoisotopic (exact) mass is 281 g/mol. The van der Waals surface area contributed by atoms with Crippen molar-refractivity contribution < 1.29 is 4.79 Å². The largest absolute Gasteiger partial charge is 0.295 e. The summed E-state index contributed by atoms with van der Waals surface area (Å²) in [6.07, 6.45) is 0. The van der Waals surface area contributed by atoms with Crippen LogP contribution in [0.1, 0.15) is 10.4 Å². The van der Waals surface area contributed by atoms with E-state index in [-0.39, 0.29) is 5.91 Å². The van der Waals surface area contributed by atoms with Crippen molar-refractivity contribution in [2.75, 3.05) is 0 Å². The zero-order valence-corrected chi connectivity index (χ0v) is 8.39. The Hall–Kier alpha value is -0.290. The van der Waals surface area contributed by atoms with Crippen LogP contribution in [0.3, 0.4) is 0 Å². The van der Waals surface area contributed by atoms with Gasteiger partial charge in [-0.05, 0) is 24.3 Å².